The highest BCUT2D eigenvalue weighted by Gasteiger charge is 2.18. The fourth-order valence-electron chi connectivity index (χ4n) is 3.74. The molecule has 6 aromatic rings. The normalized spacial score (nSPS) is 11.1. The molecule has 0 spiro atoms. The molecule has 4 heterocycles. The number of carbonyl (C=O) groups is 2. The van der Waals surface area contributed by atoms with Crippen molar-refractivity contribution >= 4 is 61.0 Å². The third kappa shape index (κ3) is 9.96. The molecule has 20 nitrogen and oxygen atoms in total. The van der Waals surface area contributed by atoms with Crippen molar-refractivity contribution in [2.24, 2.45) is 5.84 Å². The minimum atomic E-state index is -3.81. The van der Waals surface area contributed by atoms with E-state index in [0.29, 0.717) is 0 Å². The van der Waals surface area contributed by atoms with Crippen LogP contribution in [0.5, 0.6) is 0 Å². The number of fused-ring (bicyclic) bond motifs is 2. The van der Waals surface area contributed by atoms with Gasteiger partial charge in [0.25, 0.3) is 31.6 Å². The third-order valence-electron chi connectivity index (χ3n) is 6.00. The zero-order valence-corrected chi connectivity index (χ0v) is 29.0. The Morgan fingerprint density at radius 1 is 0.745 bits per heavy atom. The number of anilines is 1. The van der Waals surface area contributed by atoms with Gasteiger partial charge in [0.05, 0.1) is 23.0 Å². The van der Waals surface area contributed by atoms with Gasteiger partial charge in [-0.1, -0.05) is 48.0 Å². The highest BCUT2D eigenvalue weighted by atomic mass is 35.5. The summed E-state index contributed by atoms with van der Waals surface area (Å²) in [6, 6.07) is 18.4. The molecule has 2 aromatic carbocycles. The van der Waals surface area contributed by atoms with Gasteiger partial charge in [-0.3, -0.25) is 11.3 Å². The van der Waals surface area contributed by atoms with Crippen LogP contribution in [0.15, 0.2) is 95.2 Å². The molecule has 0 radical (unpaired) electrons. The highest BCUT2D eigenvalue weighted by Crippen LogP contribution is 2.14. The summed E-state index contributed by atoms with van der Waals surface area (Å²) in [6.45, 7) is 3.85. The van der Waals surface area contributed by atoms with E-state index in [4.69, 9.17) is 26.9 Å². The van der Waals surface area contributed by atoms with Crippen LogP contribution >= 0.6 is 11.6 Å². The number of benzene rings is 2. The lowest BCUT2D eigenvalue weighted by molar-refractivity contribution is 0.0510. The van der Waals surface area contributed by atoms with Gasteiger partial charge in [0.15, 0.2) is 11.4 Å². The number of aromatic nitrogens is 8. The van der Waals surface area contributed by atoms with E-state index in [0.717, 1.165) is 0 Å². The quantitative estimate of drug-likeness (QED) is 0.0665. The summed E-state index contributed by atoms with van der Waals surface area (Å²) in [6.07, 6.45) is 2.54. The van der Waals surface area contributed by atoms with E-state index in [2.05, 4.69) is 40.4 Å². The summed E-state index contributed by atoms with van der Waals surface area (Å²) >= 11 is 5.86. The molecule has 0 fully saturated rings. The Morgan fingerprint density at radius 2 is 1.22 bits per heavy atom. The van der Waals surface area contributed by atoms with Gasteiger partial charge >= 0.3 is 11.9 Å². The molecule has 0 atom stereocenters. The number of halogens is 1. The molecule has 0 saturated carbocycles. The van der Waals surface area contributed by atoms with Crippen LogP contribution in [0.2, 0.25) is 5.15 Å². The first kappa shape index (κ1) is 38.2. The molecule has 0 aliphatic rings. The third-order valence-corrected chi connectivity index (χ3v) is 8.74. The number of hydrazine groups is 2. The van der Waals surface area contributed by atoms with Crippen LogP contribution in [0.4, 0.5) is 5.82 Å². The SMILES string of the molecule is CCOC(=O)c1cc(Cl)n2ncnc2n1.CCOC(=O)c1cc(NNS(=O)(=O)c2ccccc2)n2ncnc2n1.NNS(=O)(=O)c1ccccc1. The molecule has 0 saturated heterocycles. The number of nitrogens with one attached hydrogen (secondary N) is 3. The Kier molecular flexibility index (Phi) is 13.0. The van der Waals surface area contributed by atoms with Gasteiger partial charge in [0.2, 0.25) is 0 Å². The van der Waals surface area contributed by atoms with E-state index in [1.165, 1.54) is 58.1 Å². The van der Waals surface area contributed by atoms with E-state index in [9.17, 15) is 26.4 Å². The highest BCUT2D eigenvalue weighted by molar-refractivity contribution is 7.89. The predicted octanol–water partition coefficient (Wildman–Crippen LogP) is 1.40. The second-order valence-electron chi connectivity index (χ2n) is 9.35. The average molecular weight is 761 g/mol. The molecule has 5 N–H and O–H groups in total. The Balaban J connectivity index is 0.000000190. The maximum Gasteiger partial charge on any atom is 0.357 e. The lowest BCUT2D eigenvalue weighted by Crippen LogP contribution is -2.31. The van der Waals surface area contributed by atoms with Gasteiger partial charge in [-0.25, -0.2) is 36.4 Å². The van der Waals surface area contributed by atoms with E-state index < -0.39 is 32.0 Å². The minimum Gasteiger partial charge on any atom is -0.461 e. The van der Waals surface area contributed by atoms with Crippen LogP contribution in [0.1, 0.15) is 34.8 Å². The lowest BCUT2D eigenvalue weighted by Gasteiger charge is -2.11. The Bertz CT molecular complexity index is 2330. The second kappa shape index (κ2) is 17.3. The molecule has 51 heavy (non-hydrogen) atoms. The standard InChI is InChI=1S/C14H14N6O4S.C8H7ClN4O2.C6H8N2O2S/c1-2-24-13(21)11-8-12(20-14(17-11)15-9-16-20)18-19-25(22,23)10-6-4-3-5-7-10;1-2-15-7(14)5-3-6(9)13-8(12-5)10-4-11-13;7-8-11(9,10)6-4-2-1-3-5-6/h3-9,18-19H,2H2,1H3;3-4H,2H2,1H3;1-5,8H,7H2. The number of esters is 2. The van der Waals surface area contributed by atoms with Crippen molar-refractivity contribution < 1.29 is 35.9 Å². The van der Waals surface area contributed by atoms with Gasteiger partial charge in [0, 0.05) is 12.1 Å². The number of ether oxygens (including phenoxy) is 2. The number of nitrogens with zero attached hydrogens (tertiary/aromatic N) is 8. The second-order valence-corrected chi connectivity index (χ2v) is 13.1. The smallest absolute Gasteiger partial charge is 0.357 e. The van der Waals surface area contributed by atoms with E-state index in [-0.39, 0.29) is 56.9 Å². The maximum absolute atomic E-state index is 12.3. The molecule has 6 rings (SSSR count). The topological polar surface area (TPSA) is 269 Å². The Morgan fingerprint density at radius 3 is 1.73 bits per heavy atom. The maximum atomic E-state index is 12.3. The number of nitrogens with two attached hydrogens (primary N) is 1. The molecule has 0 aliphatic carbocycles. The van der Waals surface area contributed by atoms with Crippen LogP contribution in [0.25, 0.3) is 11.6 Å². The zero-order chi connectivity index (χ0) is 37.0. The van der Waals surface area contributed by atoms with Crippen LogP contribution < -0.4 is 20.9 Å². The molecular weight excluding hydrogens is 732 g/mol. The summed E-state index contributed by atoms with van der Waals surface area (Å²) in [5.41, 5.74) is 2.63. The Hall–Kier alpha value is -5.65. The first-order valence-corrected chi connectivity index (χ1v) is 17.8. The van der Waals surface area contributed by atoms with E-state index >= 15 is 0 Å². The van der Waals surface area contributed by atoms with Crippen molar-refractivity contribution in [2.45, 2.75) is 23.6 Å². The number of sulfonamides is 2. The molecule has 0 unspecified atom stereocenters. The average Bonchev–Trinajstić information content (AvgIpc) is 3.83. The summed E-state index contributed by atoms with van der Waals surface area (Å²) in [5, 5.41) is 8.02. The molecular formula is C28H29ClN12O8S2. The van der Waals surface area contributed by atoms with Gasteiger partial charge in [-0.15, -0.1) is 4.83 Å². The van der Waals surface area contributed by atoms with Crippen LogP contribution in [0, 0.1) is 0 Å². The van der Waals surface area contributed by atoms with Crippen molar-refractivity contribution in [3.63, 3.8) is 0 Å². The fraction of sp³-hybridized carbons (Fsp3) is 0.143. The van der Waals surface area contributed by atoms with Crippen molar-refractivity contribution in [2.75, 3.05) is 18.6 Å². The van der Waals surface area contributed by atoms with Gasteiger partial charge in [-0.2, -0.15) is 34.0 Å². The summed E-state index contributed by atoms with van der Waals surface area (Å²) in [5.74, 6) is 4.17. The molecule has 0 amide bonds. The predicted molar refractivity (Wildman–Crippen MR) is 180 cm³/mol. The van der Waals surface area contributed by atoms with Crippen molar-refractivity contribution in [3.8, 4) is 0 Å². The minimum absolute atomic E-state index is 0.0243. The van der Waals surface area contributed by atoms with Crippen LogP contribution in [-0.4, -0.2) is 81.2 Å². The number of carbonyl (C=O) groups excluding carboxylic acids is 2. The first-order valence-electron chi connectivity index (χ1n) is 14.4. The molecule has 4 aromatic heterocycles. The molecule has 268 valence electrons. The monoisotopic (exact) mass is 760 g/mol. The van der Waals surface area contributed by atoms with Crippen LogP contribution in [-0.2, 0) is 29.5 Å². The van der Waals surface area contributed by atoms with Gasteiger partial charge < -0.3 is 9.47 Å². The number of hydrogen-bond acceptors (Lipinski definition) is 16. The summed E-state index contributed by atoms with van der Waals surface area (Å²) in [7, 11) is -7.28. The van der Waals surface area contributed by atoms with Crippen LogP contribution in [0.3, 0.4) is 0 Å². The molecule has 0 bridgehead atoms. The largest absolute Gasteiger partial charge is 0.461 e. The lowest BCUT2D eigenvalue weighted by atomic mass is 10.4. The van der Waals surface area contributed by atoms with Gasteiger partial charge in [-0.05, 0) is 38.1 Å². The van der Waals surface area contributed by atoms with E-state index in [1.807, 2.05) is 0 Å². The van der Waals surface area contributed by atoms with Gasteiger partial charge in [0.1, 0.15) is 23.6 Å². The zero-order valence-electron chi connectivity index (χ0n) is 26.6. The first-order chi connectivity index (χ1) is 24.4. The summed E-state index contributed by atoms with van der Waals surface area (Å²) in [4.78, 5) is 43.1. The van der Waals surface area contributed by atoms with Crippen molar-refractivity contribution in [1.29, 1.82) is 0 Å². The number of rotatable bonds is 10. The summed E-state index contributed by atoms with van der Waals surface area (Å²) < 4.78 is 58.7. The Labute approximate surface area is 295 Å². The van der Waals surface area contributed by atoms with Crippen molar-refractivity contribution in [3.05, 3.63) is 102 Å². The number of hydrogen-bond donors (Lipinski definition) is 4. The van der Waals surface area contributed by atoms with Crippen molar-refractivity contribution in [1.82, 2.24) is 48.8 Å². The fourth-order valence-corrected chi connectivity index (χ4v) is 5.49. The molecule has 23 heteroatoms. The van der Waals surface area contributed by atoms with E-state index in [1.54, 1.807) is 55.1 Å². The molecule has 0 aliphatic heterocycles.